The average Bonchev–Trinajstić information content (AvgIpc) is 3.40. The first kappa shape index (κ1) is 18.6. The quantitative estimate of drug-likeness (QED) is 0.815. The van der Waals surface area contributed by atoms with Crippen LogP contribution in [0.3, 0.4) is 0 Å². The molecule has 4 rings (SSSR count). The van der Waals surface area contributed by atoms with Gasteiger partial charge in [0.2, 0.25) is 6.79 Å². The summed E-state index contributed by atoms with van der Waals surface area (Å²) in [5, 5.41) is 10.8. The fraction of sp³-hybridized carbons (Fsp3) is 0.429. The number of likely N-dealkylation sites (tertiary alicyclic amines) is 1. The molecule has 1 fully saturated rings. The summed E-state index contributed by atoms with van der Waals surface area (Å²) in [5.74, 6) is 3.27. The molecule has 1 atom stereocenters. The van der Waals surface area contributed by atoms with Crippen LogP contribution in [0.1, 0.15) is 30.0 Å². The summed E-state index contributed by atoms with van der Waals surface area (Å²) in [4.78, 5) is 2.32. The zero-order valence-electron chi connectivity index (χ0n) is 16.4. The van der Waals surface area contributed by atoms with Gasteiger partial charge in [-0.25, -0.2) is 0 Å². The standard InChI is InChI=1S/C21H25NO6/c1-24-13-8-18(25-2)20(19(9-13)26-3)21(22-6-4-5-7-22)14-10-16-17(11-15(14)23)28-12-27-16/h8-11,21,23H,4-7,12H2,1-3H3/t21-/m0/s1. The van der Waals surface area contributed by atoms with Gasteiger partial charge in [0.05, 0.1) is 32.9 Å². The number of fused-ring (bicyclic) bond motifs is 1. The highest BCUT2D eigenvalue weighted by Crippen LogP contribution is 2.49. The van der Waals surface area contributed by atoms with E-state index in [2.05, 4.69) is 4.90 Å². The third-order valence-corrected chi connectivity index (χ3v) is 5.35. The van der Waals surface area contributed by atoms with Gasteiger partial charge in [0.1, 0.15) is 23.0 Å². The van der Waals surface area contributed by atoms with Crippen molar-refractivity contribution in [3.63, 3.8) is 0 Å². The summed E-state index contributed by atoms with van der Waals surface area (Å²) >= 11 is 0. The van der Waals surface area contributed by atoms with Gasteiger partial charge in [0.25, 0.3) is 0 Å². The molecule has 1 saturated heterocycles. The van der Waals surface area contributed by atoms with Gasteiger partial charge in [-0.15, -0.1) is 0 Å². The Morgan fingerprint density at radius 2 is 1.50 bits per heavy atom. The minimum absolute atomic E-state index is 0.154. The van der Waals surface area contributed by atoms with E-state index in [4.69, 9.17) is 23.7 Å². The van der Waals surface area contributed by atoms with Crippen LogP contribution in [-0.2, 0) is 0 Å². The number of hydrogen-bond acceptors (Lipinski definition) is 7. The molecule has 0 unspecified atom stereocenters. The van der Waals surface area contributed by atoms with Crippen molar-refractivity contribution in [3.05, 3.63) is 35.4 Å². The summed E-state index contributed by atoms with van der Waals surface area (Å²) in [7, 11) is 4.85. The molecule has 0 aliphatic carbocycles. The van der Waals surface area contributed by atoms with Crippen molar-refractivity contribution in [1.82, 2.24) is 4.90 Å². The van der Waals surface area contributed by atoms with Gasteiger partial charge >= 0.3 is 0 Å². The van der Waals surface area contributed by atoms with Crippen molar-refractivity contribution < 1.29 is 28.8 Å². The van der Waals surface area contributed by atoms with E-state index in [0.29, 0.717) is 28.7 Å². The van der Waals surface area contributed by atoms with Gasteiger partial charge in [-0.3, -0.25) is 4.90 Å². The number of benzene rings is 2. The highest BCUT2D eigenvalue weighted by atomic mass is 16.7. The SMILES string of the molecule is COc1cc(OC)c([C@H](c2cc3c(cc2O)OCO3)N2CCCC2)c(OC)c1. The lowest BCUT2D eigenvalue weighted by Crippen LogP contribution is -2.27. The van der Waals surface area contributed by atoms with E-state index in [-0.39, 0.29) is 18.6 Å². The Hall–Kier alpha value is -2.80. The first-order valence-corrected chi connectivity index (χ1v) is 9.32. The van der Waals surface area contributed by atoms with Crippen LogP contribution in [0.5, 0.6) is 34.5 Å². The van der Waals surface area contributed by atoms with Crippen LogP contribution in [-0.4, -0.2) is 51.2 Å². The molecule has 7 nitrogen and oxygen atoms in total. The lowest BCUT2D eigenvalue weighted by atomic mass is 9.94. The molecule has 0 spiro atoms. The number of ether oxygens (including phenoxy) is 5. The maximum Gasteiger partial charge on any atom is 0.231 e. The molecule has 7 heteroatoms. The zero-order valence-corrected chi connectivity index (χ0v) is 16.4. The van der Waals surface area contributed by atoms with Crippen LogP contribution in [0, 0.1) is 0 Å². The third kappa shape index (κ3) is 3.16. The average molecular weight is 387 g/mol. The smallest absolute Gasteiger partial charge is 0.231 e. The van der Waals surface area contributed by atoms with Gasteiger partial charge in [-0.05, 0) is 32.0 Å². The molecular weight excluding hydrogens is 362 g/mol. The number of methoxy groups -OCH3 is 3. The monoisotopic (exact) mass is 387 g/mol. The molecule has 2 aliphatic heterocycles. The normalized spacial score (nSPS) is 16.8. The Balaban J connectivity index is 1.91. The minimum atomic E-state index is -0.257. The number of phenolic OH excluding ortho intramolecular Hbond substituents is 1. The maximum absolute atomic E-state index is 10.8. The summed E-state index contributed by atoms with van der Waals surface area (Å²) in [6, 6.07) is 6.89. The minimum Gasteiger partial charge on any atom is -0.507 e. The van der Waals surface area contributed by atoms with Gasteiger partial charge in [0.15, 0.2) is 11.5 Å². The largest absolute Gasteiger partial charge is 0.507 e. The second kappa shape index (κ2) is 7.67. The maximum atomic E-state index is 10.8. The molecule has 0 saturated carbocycles. The van der Waals surface area contributed by atoms with E-state index in [1.165, 1.54) is 0 Å². The Morgan fingerprint density at radius 3 is 2.07 bits per heavy atom. The molecule has 0 aromatic heterocycles. The summed E-state index contributed by atoms with van der Waals surface area (Å²) in [6.45, 7) is 1.98. The predicted molar refractivity (Wildman–Crippen MR) is 103 cm³/mol. The molecule has 2 aromatic carbocycles. The fourth-order valence-electron chi connectivity index (χ4n) is 4.00. The van der Waals surface area contributed by atoms with Gasteiger partial charge in [-0.1, -0.05) is 0 Å². The molecule has 2 heterocycles. The molecule has 28 heavy (non-hydrogen) atoms. The highest BCUT2D eigenvalue weighted by molar-refractivity contribution is 5.59. The van der Waals surface area contributed by atoms with Crippen molar-refractivity contribution >= 4 is 0 Å². The van der Waals surface area contributed by atoms with Crippen molar-refractivity contribution in [3.8, 4) is 34.5 Å². The predicted octanol–water partition coefficient (Wildman–Crippen LogP) is 3.33. The van der Waals surface area contributed by atoms with Crippen LogP contribution >= 0.6 is 0 Å². The molecule has 0 radical (unpaired) electrons. The molecule has 0 amide bonds. The molecule has 0 bridgehead atoms. The van der Waals surface area contributed by atoms with E-state index < -0.39 is 0 Å². The molecular formula is C21H25NO6. The second-order valence-corrected chi connectivity index (χ2v) is 6.86. The van der Waals surface area contributed by atoms with E-state index in [1.807, 2.05) is 18.2 Å². The Bertz CT molecular complexity index is 837. The van der Waals surface area contributed by atoms with Crippen LogP contribution < -0.4 is 23.7 Å². The number of aromatic hydroxyl groups is 1. The van der Waals surface area contributed by atoms with Gasteiger partial charge < -0.3 is 28.8 Å². The fourth-order valence-corrected chi connectivity index (χ4v) is 4.00. The van der Waals surface area contributed by atoms with Crippen molar-refractivity contribution in [2.24, 2.45) is 0 Å². The van der Waals surface area contributed by atoms with Crippen molar-refractivity contribution in [1.29, 1.82) is 0 Å². The van der Waals surface area contributed by atoms with Crippen LogP contribution in [0.2, 0.25) is 0 Å². The summed E-state index contributed by atoms with van der Waals surface area (Å²) in [5.41, 5.74) is 1.58. The zero-order chi connectivity index (χ0) is 19.7. The molecule has 2 aromatic rings. The number of nitrogens with zero attached hydrogens (tertiary/aromatic N) is 1. The molecule has 150 valence electrons. The summed E-state index contributed by atoms with van der Waals surface area (Å²) < 4.78 is 27.8. The Morgan fingerprint density at radius 1 is 0.893 bits per heavy atom. The first-order chi connectivity index (χ1) is 13.7. The molecule has 1 N–H and O–H groups in total. The Kier molecular flexibility index (Phi) is 5.09. The van der Waals surface area contributed by atoms with Crippen molar-refractivity contribution in [2.45, 2.75) is 18.9 Å². The second-order valence-electron chi connectivity index (χ2n) is 6.86. The van der Waals surface area contributed by atoms with Crippen LogP contribution in [0.4, 0.5) is 0 Å². The topological polar surface area (TPSA) is 69.6 Å². The van der Waals surface area contributed by atoms with Gasteiger partial charge in [0, 0.05) is 23.8 Å². The Labute approximate surface area is 164 Å². The number of hydrogen-bond donors (Lipinski definition) is 1. The lowest BCUT2D eigenvalue weighted by molar-refractivity contribution is 0.173. The first-order valence-electron chi connectivity index (χ1n) is 9.32. The van der Waals surface area contributed by atoms with Crippen LogP contribution in [0.15, 0.2) is 24.3 Å². The van der Waals surface area contributed by atoms with Crippen LogP contribution in [0.25, 0.3) is 0 Å². The third-order valence-electron chi connectivity index (χ3n) is 5.35. The van der Waals surface area contributed by atoms with E-state index in [0.717, 1.165) is 37.1 Å². The van der Waals surface area contributed by atoms with E-state index >= 15 is 0 Å². The summed E-state index contributed by atoms with van der Waals surface area (Å²) in [6.07, 6.45) is 2.20. The number of phenols is 1. The van der Waals surface area contributed by atoms with Crippen molar-refractivity contribution in [2.75, 3.05) is 41.2 Å². The van der Waals surface area contributed by atoms with E-state index in [1.54, 1.807) is 27.4 Å². The van der Waals surface area contributed by atoms with E-state index in [9.17, 15) is 5.11 Å². The lowest BCUT2D eigenvalue weighted by Gasteiger charge is -2.31. The number of rotatable bonds is 6. The van der Waals surface area contributed by atoms with Gasteiger partial charge in [-0.2, -0.15) is 0 Å². The molecule has 2 aliphatic rings. The highest BCUT2D eigenvalue weighted by Gasteiger charge is 2.34.